The molecule has 0 saturated carbocycles. The summed E-state index contributed by atoms with van der Waals surface area (Å²) < 4.78 is 38.2. The van der Waals surface area contributed by atoms with Gasteiger partial charge in [0.25, 0.3) is 5.56 Å². The number of aromatic nitrogens is 1. The third-order valence-corrected chi connectivity index (χ3v) is 6.85. The lowest BCUT2D eigenvalue weighted by Crippen LogP contribution is -2.33. The van der Waals surface area contributed by atoms with E-state index in [1.165, 1.54) is 32.4 Å². The minimum Gasteiger partial charge on any atom is -0.493 e. The lowest BCUT2D eigenvalue weighted by atomic mass is 10.2. The molecular formula is C23H24N2O6S. The van der Waals surface area contributed by atoms with Crippen molar-refractivity contribution < 1.29 is 22.7 Å². The fourth-order valence-electron chi connectivity index (χ4n) is 3.40. The van der Waals surface area contributed by atoms with Gasteiger partial charge in [-0.25, -0.2) is 8.42 Å². The van der Waals surface area contributed by atoms with Gasteiger partial charge in [-0.15, -0.1) is 0 Å². The van der Waals surface area contributed by atoms with Crippen molar-refractivity contribution >= 4 is 21.4 Å². The Balaban J connectivity index is 2.04. The minimum atomic E-state index is -4.19. The molecule has 0 fully saturated rings. The Hall–Kier alpha value is -3.59. The van der Waals surface area contributed by atoms with Crippen LogP contribution in [-0.2, 0) is 21.2 Å². The molecular weight excluding hydrogens is 432 g/mol. The summed E-state index contributed by atoms with van der Waals surface area (Å²) in [4.78, 5) is 25.3. The summed E-state index contributed by atoms with van der Waals surface area (Å²) in [6.45, 7) is 2.88. The molecule has 1 N–H and O–H groups in total. The number of para-hydroxylation sites is 1. The van der Waals surface area contributed by atoms with Crippen molar-refractivity contribution in [2.75, 3.05) is 19.5 Å². The maximum Gasteiger partial charge on any atom is 0.270 e. The van der Waals surface area contributed by atoms with Gasteiger partial charge in [0.1, 0.15) is 11.4 Å². The summed E-state index contributed by atoms with van der Waals surface area (Å²) in [5.41, 5.74) is 0.581. The van der Waals surface area contributed by atoms with E-state index in [1.54, 1.807) is 44.2 Å². The molecule has 8 nitrogen and oxygen atoms in total. The number of nitrogens with one attached hydrogen (secondary N) is 1. The van der Waals surface area contributed by atoms with Crippen LogP contribution in [0.2, 0.25) is 0 Å². The molecule has 0 unspecified atom stereocenters. The van der Waals surface area contributed by atoms with E-state index >= 15 is 0 Å². The molecule has 0 aliphatic carbocycles. The monoisotopic (exact) mass is 456 g/mol. The van der Waals surface area contributed by atoms with Crippen LogP contribution in [0, 0.1) is 13.8 Å². The summed E-state index contributed by atoms with van der Waals surface area (Å²) in [6.07, 6.45) is 0. The second-order valence-electron chi connectivity index (χ2n) is 7.12. The second-order valence-corrected chi connectivity index (χ2v) is 9.01. The number of aryl methyl sites for hydroxylation is 2. The molecule has 0 saturated heterocycles. The van der Waals surface area contributed by atoms with E-state index in [4.69, 9.17) is 9.47 Å². The largest absolute Gasteiger partial charge is 0.493 e. The predicted molar refractivity (Wildman–Crippen MR) is 120 cm³/mol. The Bertz CT molecular complexity index is 1310. The van der Waals surface area contributed by atoms with Gasteiger partial charge in [-0.3, -0.25) is 9.59 Å². The van der Waals surface area contributed by atoms with E-state index in [0.717, 1.165) is 4.57 Å². The first-order chi connectivity index (χ1) is 15.2. The highest BCUT2D eigenvalue weighted by molar-refractivity contribution is 7.91. The number of hydrogen-bond acceptors (Lipinski definition) is 6. The van der Waals surface area contributed by atoms with Crippen molar-refractivity contribution in [1.29, 1.82) is 0 Å². The van der Waals surface area contributed by atoms with E-state index in [0.29, 0.717) is 22.7 Å². The van der Waals surface area contributed by atoms with Gasteiger partial charge >= 0.3 is 0 Å². The number of ether oxygens (including phenoxy) is 2. The van der Waals surface area contributed by atoms with E-state index in [-0.39, 0.29) is 22.1 Å². The maximum absolute atomic E-state index is 13.4. The highest BCUT2D eigenvalue weighted by Crippen LogP contribution is 2.32. The normalized spacial score (nSPS) is 11.1. The summed E-state index contributed by atoms with van der Waals surface area (Å²) in [5, 5.41) is 2.70. The highest BCUT2D eigenvalue weighted by atomic mass is 32.2. The molecule has 0 aliphatic rings. The highest BCUT2D eigenvalue weighted by Gasteiger charge is 2.27. The van der Waals surface area contributed by atoms with Crippen LogP contribution >= 0.6 is 0 Å². The first-order valence-corrected chi connectivity index (χ1v) is 11.2. The zero-order valence-corrected chi connectivity index (χ0v) is 19.0. The molecule has 1 aromatic heterocycles. The van der Waals surface area contributed by atoms with Crippen molar-refractivity contribution in [3.8, 4) is 11.5 Å². The number of hydrogen-bond donors (Lipinski definition) is 1. The van der Waals surface area contributed by atoms with Gasteiger partial charge < -0.3 is 19.4 Å². The molecule has 0 bridgehead atoms. The van der Waals surface area contributed by atoms with Crippen LogP contribution in [0.4, 0.5) is 5.69 Å². The van der Waals surface area contributed by atoms with Crippen LogP contribution in [0.5, 0.6) is 11.5 Å². The van der Waals surface area contributed by atoms with Crippen molar-refractivity contribution in [3.05, 3.63) is 76.2 Å². The number of sulfone groups is 1. The maximum atomic E-state index is 13.4. The third kappa shape index (κ3) is 4.52. The Morgan fingerprint density at radius 3 is 2.25 bits per heavy atom. The molecule has 2 aromatic carbocycles. The SMILES string of the molecule is COc1ccc(S(=O)(=O)c2c(C)cc(C)n(CC(=O)Nc3ccccc3)c2=O)cc1OC. The number of pyridine rings is 1. The fraction of sp³-hybridized carbons (Fsp3) is 0.217. The first kappa shape index (κ1) is 23.1. The molecule has 0 radical (unpaired) electrons. The Morgan fingerprint density at radius 2 is 1.62 bits per heavy atom. The van der Waals surface area contributed by atoms with Gasteiger partial charge in [-0.2, -0.15) is 0 Å². The van der Waals surface area contributed by atoms with Crippen molar-refractivity contribution in [1.82, 2.24) is 4.57 Å². The average molecular weight is 457 g/mol. The summed E-state index contributed by atoms with van der Waals surface area (Å²) >= 11 is 0. The van der Waals surface area contributed by atoms with Crippen LogP contribution in [0.25, 0.3) is 0 Å². The van der Waals surface area contributed by atoms with Gasteiger partial charge in [0.2, 0.25) is 15.7 Å². The number of carbonyl (C=O) groups excluding carboxylic acids is 1. The number of benzene rings is 2. The average Bonchev–Trinajstić information content (AvgIpc) is 2.76. The van der Waals surface area contributed by atoms with Crippen LogP contribution in [0.15, 0.2) is 69.2 Å². The topological polar surface area (TPSA) is 104 Å². The second kappa shape index (κ2) is 9.27. The minimum absolute atomic E-state index is 0.112. The standard InChI is InChI=1S/C23H24N2O6S/c1-15-12-16(2)25(14-21(26)24-17-8-6-5-7-9-17)23(27)22(15)32(28,29)18-10-11-19(30-3)20(13-18)31-4/h5-13H,14H2,1-4H3,(H,24,26). The number of amides is 1. The number of nitrogens with zero attached hydrogens (tertiary/aromatic N) is 1. The molecule has 3 aromatic rings. The van der Waals surface area contributed by atoms with Crippen molar-refractivity contribution in [3.63, 3.8) is 0 Å². The number of methoxy groups -OCH3 is 2. The summed E-state index contributed by atoms with van der Waals surface area (Å²) in [5.74, 6) is 0.141. The quantitative estimate of drug-likeness (QED) is 0.586. The summed E-state index contributed by atoms with van der Waals surface area (Å²) in [7, 11) is -1.36. The molecule has 1 amide bonds. The predicted octanol–water partition coefficient (Wildman–Crippen LogP) is 2.95. The molecule has 0 spiro atoms. The van der Waals surface area contributed by atoms with Crippen LogP contribution in [0.1, 0.15) is 11.3 Å². The lowest BCUT2D eigenvalue weighted by Gasteiger charge is -2.16. The molecule has 0 atom stereocenters. The molecule has 9 heteroatoms. The smallest absolute Gasteiger partial charge is 0.270 e. The molecule has 32 heavy (non-hydrogen) atoms. The van der Waals surface area contributed by atoms with E-state index < -0.39 is 21.3 Å². The third-order valence-electron chi connectivity index (χ3n) is 4.94. The Labute approximate surface area is 186 Å². The van der Waals surface area contributed by atoms with Gasteiger partial charge in [0.05, 0.1) is 19.1 Å². The van der Waals surface area contributed by atoms with E-state index in [1.807, 2.05) is 6.07 Å². The van der Waals surface area contributed by atoms with Gasteiger partial charge in [0, 0.05) is 17.4 Å². The molecule has 1 heterocycles. The van der Waals surface area contributed by atoms with Gasteiger partial charge in [-0.1, -0.05) is 18.2 Å². The van der Waals surface area contributed by atoms with Crippen LogP contribution in [0.3, 0.4) is 0 Å². The first-order valence-electron chi connectivity index (χ1n) is 9.72. The molecule has 0 aliphatic heterocycles. The zero-order chi connectivity index (χ0) is 23.5. The number of anilines is 1. The zero-order valence-electron chi connectivity index (χ0n) is 18.2. The molecule has 3 rings (SSSR count). The van der Waals surface area contributed by atoms with Gasteiger partial charge in [0.15, 0.2) is 11.5 Å². The number of rotatable bonds is 7. The number of carbonyl (C=O) groups is 1. The van der Waals surface area contributed by atoms with Crippen molar-refractivity contribution in [2.45, 2.75) is 30.2 Å². The van der Waals surface area contributed by atoms with Crippen molar-refractivity contribution in [2.24, 2.45) is 0 Å². The van der Waals surface area contributed by atoms with E-state index in [2.05, 4.69) is 5.32 Å². The van der Waals surface area contributed by atoms with Gasteiger partial charge in [-0.05, 0) is 49.7 Å². The Kier molecular flexibility index (Phi) is 6.69. The van der Waals surface area contributed by atoms with E-state index in [9.17, 15) is 18.0 Å². The fourth-order valence-corrected chi connectivity index (χ4v) is 4.97. The lowest BCUT2D eigenvalue weighted by molar-refractivity contribution is -0.116. The summed E-state index contributed by atoms with van der Waals surface area (Å²) in [6, 6.07) is 14.5. The van der Waals surface area contributed by atoms with Crippen LogP contribution in [-0.4, -0.2) is 33.1 Å². The Morgan fingerprint density at radius 1 is 0.969 bits per heavy atom. The van der Waals surface area contributed by atoms with Crippen LogP contribution < -0.4 is 20.3 Å². The molecule has 168 valence electrons.